The molecule has 0 radical (unpaired) electrons. The molecule has 2 rings (SSSR count). The van der Waals surface area contributed by atoms with Crippen LogP contribution in [0.15, 0.2) is 38.6 Å². The average Bonchev–Trinajstić information content (AvgIpc) is 2.67. The van der Waals surface area contributed by atoms with E-state index in [4.69, 9.17) is 0 Å². The number of benzene rings is 1. The maximum Gasteiger partial charge on any atom is 0.573 e. The first-order chi connectivity index (χ1) is 9.28. The number of rotatable bonds is 3. The van der Waals surface area contributed by atoms with Crippen molar-refractivity contribution in [2.75, 3.05) is 0 Å². The van der Waals surface area contributed by atoms with E-state index in [-0.39, 0.29) is 5.56 Å². The molecule has 0 unspecified atom stereocenters. The topological polar surface area (TPSA) is 26.3 Å². The van der Waals surface area contributed by atoms with Crippen molar-refractivity contribution in [1.82, 2.24) is 0 Å². The lowest BCUT2D eigenvalue weighted by molar-refractivity contribution is -0.274. The van der Waals surface area contributed by atoms with Crippen LogP contribution in [0.2, 0.25) is 0 Å². The van der Waals surface area contributed by atoms with Crippen molar-refractivity contribution in [3.05, 3.63) is 49.0 Å². The van der Waals surface area contributed by atoms with Crippen LogP contribution in [0, 0.1) is 0 Å². The number of carbonyl (C=O) groups excluding carboxylic acids is 1. The molecule has 0 atom stereocenters. The summed E-state index contributed by atoms with van der Waals surface area (Å²) in [6.07, 6.45) is -4.84. The number of ketones is 1. The Balaban J connectivity index is 2.39. The minimum atomic E-state index is -4.84. The number of carbonyl (C=O) groups is 1. The summed E-state index contributed by atoms with van der Waals surface area (Å²) in [6.45, 7) is 0. The van der Waals surface area contributed by atoms with Crippen molar-refractivity contribution in [2.24, 2.45) is 0 Å². The Bertz CT molecular complexity index is 633. The van der Waals surface area contributed by atoms with Crippen LogP contribution in [0.3, 0.4) is 0 Å². The lowest BCUT2D eigenvalue weighted by Crippen LogP contribution is -2.19. The standard InChI is InChI=1S/C12H5Br2F3O2S/c13-7-5-9(20-11(7)14)10(18)6-3-1-2-4-8(6)19-12(15,16)17/h1-5H. The van der Waals surface area contributed by atoms with Crippen LogP contribution in [0.5, 0.6) is 5.75 Å². The molecular weight excluding hydrogens is 425 g/mol. The fourth-order valence-corrected chi connectivity index (χ4v) is 3.45. The highest BCUT2D eigenvalue weighted by Crippen LogP contribution is 2.35. The molecule has 8 heteroatoms. The molecular formula is C12H5Br2F3O2S. The summed E-state index contributed by atoms with van der Waals surface area (Å²) in [6, 6.07) is 6.80. The van der Waals surface area contributed by atoms with Gasteiger partial charge in [0.15, 0.2) is 0 Å². The maximum absolute atomic E-state index is 12.3. The van der Waals surface area contributed by atoms with Gasteiger partial charge in [-0.25, -0.2) is 0 Å². The third kappa shape index (κ3) is 3.62. The molecule has 0 saturated carbocycles. The molecule has 106 valence electrons. The Morgan fingerprint density at radius 3 is 2.40 bits per heavy atom. The molecule has 0 spiro atoms. The van der Waals surface area contributed by atoms with Crippen molar-refractivity contribution in [1.29, 1.82) is 0 Å². The van der Waals surface area contributed by atoms with E-state index in [2.05, 4.69) is 36.6 Å². The van der Waals surface area contributed by atoms with E-state index in [0.29, 0.717) is 13.1 Å². The molecule has 0 fully saturated rings. The smallest absolute Gasteiger partial charge is 0.405 e. The van der Waals surface area contributed by atoms with Gasteiger partial charge in [0.25, 0.3) is 0 Å². The molecule has 0 N–H and O–H groups in total. The highest BCUT2D eigenvalue weighted by atomic mass is 79.9. The van der Waals surface area contributed by atoms with Gasteiger partial charge in [-0.1, -0.05) is 12.1 Å². The minimum absolute atomic E-state index is 0.133. The normalized spacial score (nSPS) is 11.4. The van der Waals surface area contributed by atoms with Crippen molar-refractivity contribution in [3.8, 4) is 5.75 Å². The first kappa shape index (κ1) is 15.5. The first-order valence-corrected chi connectivity index (χ1v) is 7.52. The SMILES string of the molecule is O=C(c1cc(Br)c(Br)s1)c1ccccc1OC(F)(F)F. The molecule has 1 aromatic heterocycles. The number of ether oxygens (including phenoxy) is 1. The van der Waals surface area contributed by atoms with Crippen molar-refractivity contribution >= 4 is 49.0 Å². The zero-order valence-corrected chi connectivity index (χ0v) is 13.5. The van der Waals surface area contributed by atoms with Gasteiger partial charge in [-0.05, 0) is 50.1 Å². The number of para-hydroxylation sites is 1. The van der Waals surface area contributed by atoms with Crippen LogP contribution < -0.4 is 4.74 Å². The summed E-state index contributed by atoms with van der Waals surface area (Å²) < 4.78 is 42.2. The van der Waals surface area contributed by atoms with Gasteiger partial charge in [0, 0.05) is 4.47 Å². The van der Waals surface area contributed by atoms with E-state index in [1.165, 1.54) is 18.2 Å². The first-order valence-electron chi connectivity index (χ1n) is 5.12. The van der Waals surface area contributed by atoms with E-state index < -0.39 is 17.9 Å². The second-order valence-corrected chi connectivity index (χ2v) is 6.83. The van der Waals surface area contributed by atoms with Crippen molar-refractivity contribution < 1.29 is 22.7 Å². The van der Waals surface area contributed by atoms with Gasteiger partial charge in [-0.15, -0.1) is 24.5 Å². The molecule has 1 aromatic carbocycles. The summed E-state index contributed by atoms with van der Waals surface area (Å²) in [5, 5.41) is 0. The quantitative estimate of drug-likeness (QED) is 0.610. The molecule has 2 aromatic rings. The Hall–Kier alpha value is -0.860. The Morgan fingerprint density at radius 1 is 1.20 bits per heavy atom. The molecule has 2 nitrogen and oxygen atoms in total. The summed E-state index contributed by atoms with van der Waals surface area (Å²) in [5.74, 6) is -1.04. The predicted octanol–water partition coefficient (Wildman–Crippen LogP) is 5.40. The highest BCUT2D eigenvalue weighted by molar-refractivity contribution is 9.13. The van der Waals surface area contributed by atoms with E-state index >= 15 is 0 Å². The third-order valence-corrected chi connectivity index (χ3v) is 5.48. The number of hydrogen-bond acceptors (Lipinski definition) is 3. The molecule has 1 heterocycles. The largest absolute Gasteiger partial charge is 0.573 e. The number of halogens is 5. The van der Waals surface area contributed by atoms with Crippen molar-refractivity contribution in [2.45, 2.75) is 6.36 Å². The van der Waals surface area contributed by atoms with E-state index in [9.17, 15) is 18.0 Å². The van der Waals surface area contributed by atoms with Gasteiger partial charge >= 0.3 is 6.36 Å². The summed E-state index contributed by atoms with van der Waals surface area (Å²) >= 11 is 7.58. The van der Waals surface area contributed by atoms with Crippen LogP contribution in [-0.4, -0.2) is 12.1 Å². The maximum atomic E-state index is 12.3. The van der Waals surface area contributed by atoms with Crippen LogP contribution in [0.1, 0.15) is 15.2 Å². The molecule has 0 aliphatic rings. The predicted molar refractivity (Wildman–Crippen MR) is 76.3 cm³/mol. The lowest BCUT2D eigenvalue weighted by Gasteiger charge is -2.11. The van der Waals surface area contributed by atoms with Crippen LogP contribution in [0.25, 0.3) is 0 Å². The van der Waals surface area contributed by atoms with Crippen LogP contribution in [0.4, 0.5) is 13.2 Å². The number of thiophene rings is 1. The Morgan fingerprint density at radius 2 is 1.85 bits per heavy atom. The molecule has 0 bridgehead atoms. The molecule has 0 amide bonds. The Labute approximate surface area is 132 Å². The second kappa shape index (κ2) is 5.87. The van der Waals surface area contributed by atoms with E-state index in [1.54, 1.807) is 6.07 Å². The number of alkyl halides is 3. The Kier molecular flexibility index (Phi) is 4.55. The molecule has 0 aliphatic carbocycles. The molecule has 0 saturated heterocycles. The zero-order valence-electron chi connectivity index (χ0n) is 9.50. The van der Waals surface area contributed by atoms with Crippen molar-refractivity contribution in [3.63, 3.8) is 0 Å². The monoisotopic (exact) mass is 428 g/mol. The van der Waals surface area contributed by atoms with Gasteiger partial charge < -0.3 is 4.74 Å². The highest BCUT2D eigenvalue weighted by Gasteiger charge is 2.33. The number of hydrogen-bond donors (Lipinski definition) is 0. The third-order valence-electron chi connectivity index (χ3n) is 2.23. The fourth-order valence-electron chi connectivity index (χ4n) is 1.46. The zero-order chi connectivity index (χ0) is 14.9. The van der Waals surface area contributed by atoms with Gasteiger partial charge in [0.2, 0.25) is 5.78 Å². The summed E-state index contributed by atoms with van der Waals surface area (Å²) in [4.78, 5) is 12.5. The van der Waals surface area contributed by atoms with Gasteiger partial charge in [0.1, 0.15) is 5.75 Å². The fraction of sp³-hybridized carbons (Fsp3) is 0.0833. The van der Waals surface area contributed by atoms with E-state index in [0.717, 1.165) is 17.4 Å². The minimum Gasteiger partial charge on any atom is -0.405 e. The van der Waals surface area contributed by atoms with Gasteiger partial charge in [0.05, 0.1) is 14.2 Å². The van der Waals surface area contributed by atoms with Crippen LogP contribution >= 0.6 is 43.2 Å². The second-order valence-electron chi connectivity index (χ2n) is 3.61. The van der Waals surface area contributed by atoms with Gasteiger partial charge in [-0.2, -0.15) is 0 Å². The van der Waals surface area contributed by atoms with Gasteiger partial charge in [-0.3, -0.25) is 4.79 Å². The summed E-state index contributed by atoms with van der Waals surface area (Å²) in [5.41, 5.74) is -0.133. The average molecular weight is 430 g/mol. The molecule has 0 aliphatic heterocycles. The summed E-state index contributed by atoms with van der Waals surface area (Å²) in [7, 11) is 0. The van der Waals surface area contributed by atoms with E-state index in [1.807, 2.05) is 0 Å². The molecule has 20 heavy (non-hydrogen) atoms. The lowest BCUT2D eigenvalue weighted by atomic mass is 10.1. The van der Waals surface area contributed by atoms with Crippen LogP contribution in [-0.2, 0) is 0 Å².